The minimum Gasteiger partial charge on any atom is -0.339 e. The Balaban J connectivity index is 1.49. The van der Waals surface area contributed by atoms with Crippen molar-refractivity contribution in [2.24, 2.45) is 0 Å². The van der Waals surface area contributed by atoms with Crippen molar-refractivity contribution in [1.82, 2.24) is 19.0 Å². The van der Waals surface area contributed by atoms with Gasteiger partial charge in [-0.1, -0.05) is 18.2 Å². The predicted octanol–water partition coefficient (Wildman–Crippen LogP) is 3.01. The van der Waals surface area contributed by atoms with Gasteiger partial charge in [-0.25, -0.2) is 4.98 Å². The highest BCUT2D eigenvalue weighted by Gasteiger charge is 2.25. The van der Waals surface area contributed by atoms with Crippen molar-refractivity contribution in [3.05, 3.63) is 54.7 Å². The first-order valence-corrected chi connectivity index (χ1v) is 8.53. The van der Waals surface area contributed by atoms with E-state index in [0.717, 1.165) is 37.3 Å². The van der Waals surface area contributed by atoms with E-state index in [2.05, 4.69) is 27.8 Å². The van der Waals surface area contributed by atoms with Gasteiger partial charge in [-0.15, -0.1) is 0 Å². The van der Waals surface area contributed by atoms with E-state index < -0.39 is 0 Å². The molecule has 0 aliphatic carbocycles. The lowest BCUT2D eigenvalue weighted by Crippen LogP contribution is -2.42. The molecule has 1 atom stereocenters. The highest BCUT2D eigenvalue weighted by Crippen LogP contribution is 2.23. The molecular weight excluding hydrogens is 300 g/mol. The topological polar surface area (TPSA) is 43.1 Å². The highest BCUT2D eigenvalue weighted by atomic mass is 16.2. The molecule has 0 saturated carbocycles. The molecule has 1 amide bonds. The van der Waals surface area contributed by atoms with Gasteiger partial charge in [-0.3, -0.25) is 4.79 Å². The summed E-state index contributed by atoms with van der Waals surface area (Å²) in [5, 5.41) is 1.18. The summed E-state index contributed by atoms with van der Waals surface area (Å²) in [5.41, 5.74) is 1.12. The third-order valence-corrected chi connectivity index (χ3v) is 4.99. The quantitative estimate of drug-likeness (QED) is 0.744. The number of nitrogens with zero attached hydrogens (tertiary/aromatic N) is 4. The number of para-hydroxylation sites is 1. The number of hydrogen-bond acceptors (Lipinski definition) is 2. The molecule has 4 rings (SSSR count). The fraction of sp³-hybridized carbons (Fsp3) is 0.368. The van der Waals surface area contributed by atoms with Gasteiger partial charge in [0.05, 0.1) is 6.04 Å². The van der Waals surface area contributed by atoms with E-state index >= 15 is 0 Å². The van der Waals surface area contributed by atoms with Crippen LogP contribution in [-0.4, -0.2) is 38.0 Å². The maximum absolute atomic E-state index is 12.8. The molecule has 5 nitrogen and oxygen atoms in total. The minimum absolute atomic E-state index is 0.193. The van der Waals surface area contributed by atoms with Crippen LogP contribution in [0.1, 0.15) is 24.7 Å². The first-order chi connectivity index (χ1) is 11.7. The second-order valence-corrected chi connectivity index (χ2v) is 6.52. The van der Waals surface area contributed by atoms with Crippen molar-refractivity contribution < 1.29 is 4.79 Å². The van der Waals surface area contributed by atoms with Gasteiger partial charge in [0.25, 0.3) is 0 Å². The monoisotopic (exact) mass is 322 g/mol. The average Bonchev–Trinajstić information content (AvgIpc) is 3.22. The Labute approximate surface area is 141 Å². The summed E-state index contributed by atoms with van der Waals surface area (Å²) in [6.45, 7) is 4.05. The molecule has 3 heterocycles. The summed E-state index contributed by atoms with van der Waals surface area (Å²) in [4.78, 5) is 19.1. The van der Waals surface area contributed by atoms with Gasteiger partial charge >= 0.3 is 0 Å². The fourth-order valence-electron chi connectivity index (χ4n) is 3.71. The smallest absolute Gasteiger partial charge is 0.242 e. The van der Waals surface area contributed by atoms with Crippen LogP contribution in [0, 0.1) is 6.92 Å². The molecule has 5 heteroatoms. The molecule has 1 aliphatic heterocycles. The van der Waals surface area contributed by atoms with Gasteiger partial charge < -0.3 is 14.0 Å². The van der Waals surface area contributed by atoms with Crippen LogP contribution in [0.4, 0.5) is 0 Å². The molecule has 0 bridgehead atoms. The number of aromatic nitrogens is 3. The zero-order valence-electron chi connectivity index (χ0n) is 13.9. The van der Waals surface area contributed by atoms with Crippen LogP contribution >= 0.6 is 0 Å². The lowest BCUT2D eigenvalue weighted by molar-refractivity contribution is -0.133. The van der Waals surface area contributed by atoms with Crippen molar-refractivity contribution >= 4 is 16.8 Å². The van der Waals surface area contributed by atoms with E-state index in [1.54, 1.807) is 0 Å². The van der Waals surface area contributed by atoms with Crippen molar-refractivity contribution in [2.45, 2.75) is 32.4 Å². The number of imidazole rings is 1. The third-order valence-electron chi connectivity index (χ3n) is 4.99. The number of rotatable bonds is 3. The Bertz CT molecular complexity index is 863. The minimum atomic E-state index is 0.193. The molecule has 0 spiro atoms. The first-order valence-electron chi connectivity index (χ1n) is 8.53. The third kappa shape index (κ3) is 2.70. The number of piperidine rings is 1. The maximum Gasteiger partial charge on any atom is 0.242 e. The van der Waals surface area contributed by atoms with Gasteiger partial charge in [-0.05, 0) is 37.3 Å². The Morgan fingerprint density at radius 2 is 2.12 bits per heavy atom. The number of benzene rings is 1. The molecule has 1 saturated heterocycles. The molecule has 124 valence electrons. The summed E-state index contributed by atoms with van der Waals surface area (Å²) >= 11 is 0. The molecule has 1 aliphatic rings. The predicted molar refractivity (Wildman–Crippen MR) is 93.8 cm³/mol. The first kappa shape index (κ1) is 15.0. The van der Waals surface area contributed by atoms with Crippen molar-refractivity contribution in [3.63, 3.8) is 0 Å². The zero-order valence-corrected chi connectivity index (χ0v) is 13.9. The van der Waals surface area contributed by atoms with Crippen LogP contribution in [0.2, 0.25) is 0 Å². The lowest BCUT2D eigenvalue weighted by atomic mass is 10.1. The number of fused-ring (bicyclic) bond motifs is 1. The Morgan fingerprint density at radius 3 is 2.96 bits per heavy atom. The lowest BCUT2D eigenvalue weighted by Gasteiger charge is -2.34. The second kappa shape index (κ2) is 6.15. The number of amides is 1. The summed E-state index contributed by atoms with van der Waals surface area (Å²) in [5.74, 6) is 1.21. The normalized spacial score (nSPS) is 18.2. The van der Waals surface area contributed by atoms with Crippen LogP contribution in [0.3, 0.4) is 0 Å². The molecule has 1 unspecified atom stereocenters. The van der Waals surface area contributed by atoms with E-state index in [1.807, 2.05) is 47.1 Å². The van der Waals surface area contributed by atoms with Gasteiger partial charge in [0.1, 0.15) is 12.4 Å². The number of likely N-dealkylation sites (tertiary alicyclic amines) is 1. The summed E-state index contributed by atoms with van der Waals surface area (Å²) in [6.07, 6.45) is 8.01. The van der Waals surface area contributed by atoms with Crippen molar-refractivity contribution in [3.8, 4) is 0 Å². The van der Waals surface area contributed by atoms with Crippen LogP contribution in [0.5, 0.6) is 0 Å². The van der Waals surface area contributed by atoms with E-state index in [9.17, 15) is 4.79 Å². The van der Waals surface area contributed by atoms with Gasteiger partial charge in [0, 0.05) is 37.2 Å². The number of aryl methyl sites for hydroxylation is 1. The van der Waals surface area contributed by atoms with Crippen LogP contribution in [0.15, 0.2) is 48.9 Å². The Kier molecular flexibility index (Phi) is 3.84. The van der Waals surface area contributed by atoms with Gasteiger partial charge in [-0.2, -0.15) is 0 Å². The highest BCUT2D eigenvalue weighted by molar-refractivity contribution is 5.83. The molecule has 3 aromatic rings. The number of hydrogen-bond donors (Lipinski definition) is 0. The summed E-state index contributed by atoms with van der Waals surface area (Å²) < 4.78 is 4.24. The molecule has 0 radical (unpaired) electrons. The van der Waals surface area contributed by atoms with E-state index in [0.29, 0.717) is 12.6 Å². The second-order valence-electron chi connectivity index (χ2n) is 6.52. The van der Waals surface area contributed by atoms with Gasteiger partial charge in [0.2, 0.25) is 5.91 Å². The fourth-order valence-corrected chi connectivity index (χ4v) is 3.71. The average molecular weight is 322 g/mol. The Hall–Kier alpha value is -2.56. The van der Waals surface area contributed by atoms with Crippen LogP contribution < -0.4 is 0 Å². The summed E-state index contributed by atoms with van der Waals surface area (Å²) in [6, 6.07) is 10.6. The van der Waals surface area contributed by atoms with Crippen LogP contribution in [-0.2, 0) is 11.3 Å². The standard InChI is InChI=1S/C19H22N4O/c1-15-20-9-12-23(15)17-6-4-10-22(13-17)19(24)14-21-11-8-16-5-2-3-7-18(16)21/h2-3,5,7-9,11-12,17H,4,6,10,13-14H2,1H3. The molecule has 24 heavy (non-hydrogen) atoms. The molecule has 2 aromatic heterocycles. The molecule has 1 aromatic carbocycles. The van der Waals surface area contributed by atoms with E-state index in [4.69, 9.17) is 0 Å². The molecule has 1 fully saturated rings. The molecule has 0 N–H and O–H groups in total. The zero-order chi connectivity index (χ0) is 16.5. The summed E-state index contributed by atoms with van der Waals surface area (Å²) in [7, 11) is 0. The molecular formula is C19H22N4O. The van der Waals surface area contributed by atoms with Gasteiger partial charge in [0.15, 0.2) is 0 Å². The Morgan fingerprint density at radius 1 is 1.25 bits per heavy atom. The SMILES string of the molecule is Cc1nccn1C1CCCN(C(=O)Cn2ccc3ccccc32)C1. The largest absolute Gasteiger partial charge is 0.339 e. The number of carbonyl (C=O) groups excluding carboxylic acids is 1. The van der Waals surface area contributed by atoms with Crippen molar-refractivity contribution in [2.75, 3.05) is 13.1 Å². The maximum atomic E-state index is 12.8. The van der Waals surface area contributed by atoms with E-state index in [-0.39, 0.29) is 5.91 Å². The number of carbonyl (C=O) groups is 1. The van der Waals surface area contributed by atoms with E-state index in [1.165, 1.54) is 5.39 Å². The van der Waals surface area contributed by atoms with Crippen LogP contribution in [0.25, 0.3) is 10.9 Å². The van der Waals surface area contributed by atoms with Crippen molar-refractivity contribution in [1.29, 1.82) is 0 Å².